The Hall–Kier alpha value is -1.82. The van der Waals surface area contributed by atoms with Crippen LogP contribution in [0, 0.1) is 0 Å². The number of nitrogens with zero attached hydrogens (tertiary/aromatic N) is 2. The zero-order valence-electron chi connectivity index (χ0n) is 9.73. The minimum Gasteiger partial charge on any atom is -0.337 e. The fraction of sp³-hybridized carbons (Fsp3) is 0.273. The number of aromatic nitrogens is 1. The van der Waals surface area contributed by atoms with Crippen LogP contribution in [-0.2, 0) is 7.05 Å². The van der Waals surface area contributed by atoms with Crippen LogP contribution in [0.25, 0.3) is 10.2 Å². The van der Waals surface area contributed by atoms with E-state index in [1.165, 1.54) is 11.3 Å². The van der Waals surface area contributed by atoms with Crippen molar-refractivity contribution in [2.75, 3.05) is 6.54 Å². The van der Waals surface area contributed by atoms with E-state index in [1.807, 2.05) is 42.8 Å². The number of carbonyl (C=O) groups is 1. The second-order valence-corrected chi connectivity index (χ2v) is 4.50. The summed E-state index contributed by atoms with van der Waals surface area (Å²) < 4.78 is 3.10. The number of urea groups is 1. The van der Waals surface area contributed by atoms with E-state index in [9.17, 15) is 4.79 Å². The van der Waals surface area contributed by atoms with E-state index < -0.39 is 0 Å². The third kappa shape index (κ3) is 2.47. The van der Waals surface area contributed by atoms with Crippen LogP contribution in [0.3, 0.4) is 0 Å². The molecule has 0 bridgehead atoms. The zero-order chi connectivity index (χ0) is 12.3. The highest BCUT2D eigenvalue weighted by atomic mass is 32.1. The quantitative estimate of drug-likeness (QED) is 0.777. The molecule has 0 saturated carbocycles. The van der Waals surface area contributed by atoms with Gasteiger partial charge in [-0.2, -0.15) is 0 Å². The first-order valence-corrected chi connectivity index (χ1v) is 6.16. The molecular weight excluding hydrogens is 236 g/mol. The molecule has 0 fully saturated rings. The van der Waals surface area contributed by atoms with Crippen molar-refractivity contribution in [1.82, 2.24) is 15.3 Å². The SMILES string of the molecule is CCNC(=O)N/N=c1/sc2ccccc2n1C. The second-order valence-electron chi connectivity index (χ2n) is 3.49. The van der Waals surface area contributed by atoms with Gasteiger partial charge in [-0.3, -0.25) is 0 Å². The number of nitrogens with one attached hydrogen (secondary N) is 2. The Morgan fingerprint density at radius 1 is 1.47 bits per heavy atom. The van der Waals surface area contributed by atoms with E-state index in [1.54, 1.807) is 0 Å². The van der Waals surface area contributed by atoms with Gasteiger partial charge in [0.25, 0.3) is 0 Å². The summed E-state index contributed by atoms with van der Waals surface area (Å²) in [4.78, 5) is 12.0. The molecule has 6 heteroatoms. The number of fused-ring (bicyclic) bond motifs is 1. The monoisotopic (exact) mass is 250 g/mol. The number of carbonyl (C=O) groups excluding carboxylic acids is 1. The van der Waals surface area contributed by atoms with Crippen molar-refractivity contribution in [3.8, 4) is 0 Å². The summed E-state index contributed by atoms with van der Waals surface area (Å²) in [5.74, 6) is 0. The van der Waals surface area contributed by atoms with Crippen LogP contribution in [0.4, 0.5) is 4.79 Å². The molecule has 2 amide bonds. The fourth-order valence-corrected chi connectivity index (χ4v) is 2.47. The number of rotatable bonds is 2. The molecule has 2 rings (SSSR count). The number of thiazole rings is 1. The standard InChI is InChI=1S/C11H14N4OS/c1-3-12-10(16)13-14-11-15(2)8-6-4-5-7-9(8)17-11/h4-7H,3H2,1-2H3,(H2,12,13,16)/b14-11+. The largest absolute Gasteiger partial charge is 0.337 e. The molecule has 0 spiro atoms. The van der Waals surface area contributed by atoms with Crippen molar-refractivity contribution in [2.45, 2.75) is 6.92 Å². The summed E-state index contributed by atoms with van der Waals surface area (Å²) in [6.45, 7) is 2.44. The van der Waals surface area contributed by atoms with E-state index in [0.717, 1.165) is 15.0 Å². The Morgan fingerprint density at radius 3 is 2.94 bits per heavy atom. The van der Waals surface area contributed by atoms with Crippen LogP contribution in [0.15, 0.2) is 29.4 Å². The highest BCUT2D eigenvalue weighted by Gasteiger charge is 2.01. The molecule has 90 valence electrons. The van der Waals surface area contributed by atoms with Crippen LogP contribution in [0.2, 0.25) is 0 Å². The molecule has 1 aromatic heterocycles. The van der Waals surface area contributed by atoms with Crippen LogP contribution in [0.5, 0.6) is 0 Å². The lowest BCUT2D eigenvalue weighted by molar-refractivity contribution is 0.241. The third-order valence-electron chi connectivity index (χ3n) is 2.31. The summed E-state index contributed by atoms with van der Waals surface area (Å²) in [5.41, 5.74) is 3.57. The number of amides is 2. The van der Waals surface area contributed by atoms with Crippen LogP contribution in [0.1, 0.15) is 6.92 Å². The van der Waals surface area contributed by atoms with E-state index in [4.69, 9.17) is 0 Å². The third-order valence-corrected chi connectivity index (χ3v) is 3.42. The number of hydrogen-bond donors (Lipinski definition) is 2. The van der Waals surface area contributed by atoms with Crippen molar-refractivity contribution in [1.29, 1.82) is 0 Å². The van der Waals surface area contributed by atoms with Gasteiger partial charge in [0.15, 0.2) is 0 Å². The maximum absolute atomic E-state index is 11.2. The first kappa shape index (κ1) is 11.7. The predicted octanol–water partition coefficient (Wildman–Crippen LogP) is 1.37. The normalized spacial score (nSPS) is 11.8. The van der Waals surface area contributed by atoms with E-state index in [-0.39, 0.29) is 6.03 Å². The lowest BCUT2D eigenvalue weighted by Crippen LogP contribution is -2.33. The molecule has 0 saturated heterocycles. The van der Waals surface area contributed by atoms with E-state index in [0.29, 0.717) is 6.54 Å². The van der Waals surface area contributed by atoms with Crippen LogP contribution in [-0.4, -0.2) is 17.1 Å². The average Bonchev–Trinajstić information content (AvgIpc) is 2.65. The Balaban J connectivity index is 2.32. The Labute approximate surface area is 103 Å². The van der Waals surface area contributed by atoms with Gasteiger partial charge in [0, 0.05) is 13.6 Å². The van der Waals surface area contributed by atoms with Gasteiger partial charge in [0.2, 0.25) is 4.80 Å². The number of aryl methyl sites for hydroxylation is 1. The minimum atomic E-state index is -0.287. The van der Waals surface area contributed by atoms with Gasteiger partial charge in [-0.15, -0.1) is 5.10 Å². The Kier molecular flexibility index (Phi) is 3.43. The lowest BCUT2D eigenvalue weighted by Gasteiger charge is -1.98. The lowest BCUT2D eigenvalue weighted by atomic mass is 10.3. The maximum atomic E-state index is 11.2. The molecule has 5 nitrogen and oxygen atoms in total. The molecule has 0 atom stereocenters. The highest BCUT2D eigenvalue weighted by Crippen LogP contribution is 2.14. The number of hydrogen-bond acceptors (Lipinski definition) is 3. The molecule has 0 unspecified atom stereocenters. The maximum Gasteiger partial charge on any atom is 0.335 e. The van der Waals surface area contributed by atoms with Crippen molar-refractivity contribution in [3.05, 3.63) is 29.1 Å². The van der Waals surface area contributed by atoms with E-state index in [2.05, 4.69) is 15.8 Å². The molecule has 17 heavy (non-hydrogen) atoms. The second kappa shape index (κ2) is 5.01. The van der Waals surface area contributed by atoms with Gasteiger partial charge in [-0.25, -0.2) is 10.2 Å². The number of para-hydroxylation sites is 1. The van der Waals surface area contributed by atoms with Gasteiger partial charge in [-0.1, -0.05) is 23.5 Å². The molecule has 0 radical (unpaired) electrons. The average molecular weight is 250 g/mol. The fourth-order valence-electron chi connectivity index (χ4n) is 1.49. The molecule has 1 aromatic carbocycles. The van der Waals surface area contributed by atoms with Crippen molar-refractivity contribution < 1.29 is 4.79 Å². The number of benzene rings is 1. The summed E-state index contributed by atoms with van der Waals surface area (Å²) in [7, 11) is 1.93. The van der Waals surface area contributed by atoms with Gasteiger partial charge in [0.05, 0.1) is 10.2 Å². The molecule has 2 aromatic rings. The van der Waals surface area contributed by atoms with Crippen LogP contribution < -0.4 is 15.5 Å². The predicted molar refractivity (Wildman–Crippen MR) is 68.6 cm³/mol. The van der Waals surface area contributed by atoms with Gasteiger partial charge >= 0.3 is 6.03 Å². The summed E-state index contributed by atoms with van der Waals surface area (Å²) in [6.07, 6.45) is 0. The summed E-state index contributed by atoms with van der Waals surface area (Å²) in [6, 6.07) is 7.74. The topological polar surface area (TPSA) is 58.4 Å². The first-order valence-electron chi connectivity index (χ1n) is 5.34. The summed E-state index contributed by atoms with van der Waals surface area (Å²) >= 11 is 1.54. The van der Waals surface area contributed by atoms with Crippen molar-refractivity contribution in [3.63, 3.8) is 0 Å². The Bertz CT molecular complexity index is 599. The van der Waals surface area contributed by atoms with Gasteiger partial charge < -0.3 is 9.88 Å². The van der Waals surface area contributed by atoms with Crippen molar-refractivity contribution in [2.24, 2.45) is 12.1 Å². The molecule has 2 N–H and O–H groups in total. The first-order chi connectivity index (χ1) is 8.22. The van der Waals surface area contributed by atoms with Crippen molar-refractivity contribution >= 4 is 27.6 Å². The molecule has 1 heterocycles. The Morgan fingerprint density at radius 2 is 2.24 bits per heavy atom. The summed E-state index contributed by atoms with van der Waals surface area (Å²) in [5, 5.41) is 6.70. The van der Waals surface area contributed by atoms with E-state index >= 15 is 0 Å². The highest BCUT2D eigenvalue weighted by molar-refractivity contribution is 7.16. The van der Waals surface area contributed by atoms with Gasteiger partial charge in [-0.05, 0) is 19.1 Å². The van der Waals surface area contributed by atoms with Gasteiger partial charge in [0.1, 0.15) is 0 Å². The zero-order valence-corrected chi connectivity index (χ0v) is 10.5. The smallest absolute Gasteiger partial charge is 0.335 e. The van der Waals surface area contributed by atoms with Crippen LogP contribution >= 0.6 is 11.3 Å². The molecule has 0 aliphatic heterocycles. The molecular formula is C11H14N4OS. The molecule has 0 aliphatic rings. The molecule has 0 aliphatic carbocycles. The minimum absolute atomic E-state index is 0.287.